The molecule has 0 saturated heterocycles. The molecular weight excluding hydrogens is 191 g/mol. The number of halogens is 1. The Morgan fingerprint density at radius 3 is 2.67 bits per heavy atom. The van der Waals surface area contributed by atoms with Gasteiger partial charge in [0.2, 0.25) is 0 Å². The van der Waals surface area contributed by atoms with E-state index in [4.69, 9.17) is 5.73 Å². The lowest BCUT2D eigenvalue weighted by atomic mass is 10.1. The van der Waals surface area contributed by atoms with Gasteiger partial charge in [0, 0.05) is 28.7 Å². The fourth-order valence-electron chi connectivity index (χ4n) is 1.39. The zero-order valence-electron chi connectivity index (χ0n) is 8.37. The van der Waals surface area contributed by atoms with Gasteiger partial charge in [-0.2, -0.15) is 0 Å². The SMILES string of the molecule is Cc1ccc(-c2cc(N)ccc2F)cn1. The van der Waals surface area contributed by atoms with Crippen molar-refractivity contribution in [3.05, 3.63) is 48.0 Å². The molecule has 1 heterocycles. The van der Waals surface area contributed by atoms with Gasteiger partial charge in [0.25, 0.3) is 0 Å². The van der Waals surface area contributed by atoms with Gasteiger partial charge < -0.3 is 5.73 Å². The van der Waals surface area contributed by atoms with Crippen molar-refractivity contribution >= 4 is 5.69 Å². The summed E-state index contributed by atoms with van der Waals surface area (Å²) in [4.78, 5) is 4.12. The minimum atomic E-state index is -0.283. The number of hydrogen-bond acceptors (Lipinski definition) is 2. The van der Waals surface area contributed by atoms with E-state index in [-0.39, 0.29) is 5.82 Å². The second-order valence-corrected chi connectivity index (χ2v) is 3.43. The van der Waals surface area contributed by atoms with Crippen molar-refractivity contribution in [2.75, 3.05) is 5.73 Å². The summed E-state index contributed by atoms with van der Waals surface area (Å²) in [6.45, 7) is 1.89. The minimum absolute atomic E-state index is 0.283. The number of rotatable bonds is 1. The predicted octanol–water partition coefficient (Wildman–Crippen LogP) is 2.78. The Morgan fingerprint density at radius 2 is 2.00 bits per heavy atom. The van der Waals surface area contributed by atoms with Crippen molar-refractivity contribution in [2.24, 2.45) is 0 Å². The first kappa shape index (κ1) is 9.65. The molecule has 0 amide bonds. The molecule has 0 aliphatic heterocycles. The lowest BCUT2D eigenvalue weighted by molar-refractivity contribution is 0.631. The molecule has 2 rings (SSSR count). The Labute approximate surface area is 87.6 Å². The van der Waals surface area contributed by atoms with E-state index in [1.807, 2.05) is 19.1 Å². The Morgan fingerprint density at radius 1 is 1.20 bits per heavy atom. The van der Waals surface area contributed by atoms with E-state index in [1.54, 1.807) is 18.3 Å². The molecule has 0 atom stereocenters. The normalized spacial score (nSPS) is 10.3. The zero-order valence-corrected chi connectivity index (χ0v) is 8.37. The van der Waals surface area contributed by atoms with Crippen LogP contribution in [0.15, 0.2) is 36.5 Å². The lowest BCUT2D eigenvalue weighted by Gasteiger charge is -2.04. The van der Waals surface area contributed by atoms with E-state index < -0.39 is 0 Å². The van der Waals surface area contributed by atoms with Gasteiger partial charge in [-0.1, -0.05) is 6.07 Å². The standard InChI is InChI=1S/C12H11FN2/c1-8-2-3-9(7-15-8)11-6-10(14)4-5-12(11)13/h2-7H,14H2,1H3. The van der Waals surface area contributed by atoms with E-state index in [9.17, 15) is 4.39 Å². The molecule has 0 unspecified atom stereocenters. The maximum absolute atomic E-state index is 13.5. The minimum Gasteiger partial charge on any atom is -0.399 e. The van der Waals surface area contributed by atoms with E-state index in [1.165, 1.54) is 6.07 Å². The number of nitrogens with zero attached hydrogens (tertiary/aromatic N) is 1. The van der Waals surface area contributed by atoms with Gasteiger partial charge in [0.05, 0.1) is 0 Å². The van der Waals surface area contributed by atoms with Crippen molar-refractivity contribution in [3.8, 4) is 11.1 Å². The Balaban J connectivity index is 2.53. The molecule has 0 saturated carbocycles. The Kier molecular flexibility index (Phi) is 2.37. The van der Waals surface area contributed by atoms with Crippen LogP contribution >= 0.6 is 0 Å². The summed E-state index contributed by atoms with van der Waals surface area (Å²) < 4.78 is 13.5. The molecule has 3 heteroatoms. The molecule has 0 fully saturated rings. The Bertz CT molecular complexity index is 477. The summed E-state index contributed by atoms with van der Waals surface area (Å²) in [7, 11) is 0. The molecule has 0 spiro atoms. The van der Waals surface area contributed by atoms with Crippen LogP contribution in [0.5, 0.6) is 0 Å². The third-order valence-electron chi connectivity index (χ3n) is 2.21. The number of aromatic nitrogens is 1. The van der Waals surface area contributed by atoms with Crippen molar-refractivity contribution in [1.29, 1.82) is 0 Å². The van der Waals surface area contributed by atoms with Crippen LogP contribution in [0, 0.1) is 12.7 Å². The number of aryl methyl sites for hydroxylation is 1. The van der Waals surface area contributed by atoms with Gasteiger partial charge in [-0.15, -0.1) is 0 Å². The summed E-state index contributed by atoms with van der Waals surface area (Å²) in [6, 6.07) is 8.20. The number of hydrogen-bond donors (Lipinski definition) is 1. The van der Waals surface area contributed by atoms with Crippen LogP contribution in [0.3, 0.4) is 0 Å². The van der Waals surface area contributed by atoms with Crippen molar-refractivity contribution < 1.29 is 4.39 Å². The van der Waals surface area contributed by atoms with Gasteiger partial charge in [-0.05, 0) is 31.2 Å². The fourth-order valence-corrected chi connectivity index (χ4v) is 1.39. The molecule has 1 aromatic carbocycles. The quantitative estimate of drug-likeness (QED) is 0.722. The van der Waals surface area contributed by atoms with E-state index in [2.05, 4.69) is 4.98 Å². The summed E-state index contributed by atoms with van der Waals surface area (Å²) in [5.74, 6) is -0.283. The van der Waals surface area contributed by atoms with Crippen LogP contribution < -0.4 is 5.73 Å². The van der Waals surface area contributed by atoms with E-state index in [0.29, 0.717) is 11.3 Å². The van der Waals surface area contributed by atoms with Crippen LogP contribution in [0.25, 0.3) is 11.1 Å². The smallest absolute Gasteiger partial charge is 0.131 e. The average Bonchev–Trinajstić information content (AvgIpc) is 2.23. The second kappa shape index (κ2) is 3.69. The second-order valence-electron chi connectivity index (χ2n) is 3.43. The number of nitrogens with two attached hydrogens (primary N) is 1. The fraction of sp³-hybridized carbons (Fsp3) is 0.0833. The molecule has 15 heavy (non-hydrogen) atoms. The van der Waals surface area contributed by atoms with Crippen molar-refractivity contribution in [3.63, 3.8) is 0 Å². The largest absolute Gasteiger partial charge is 0.399 e. The highest BCUT2D eigenvalue weighted by Crippen LogP contribution is 2.24. The molecular formula is C12H11FN2. The van der Waals surface area contributed by atoms with Gasteiger partial charge in [0.1, 0.15) is 5.82 Å². The van der Waals surface area contributed by atoms with E-state index in [0.717, 1.165) is 11.3 Å². The molecule has 2 aromatic rings. The third kappa shape index (κ3) is 1.96. The van der Waals surface area contributed by atoms with Crippen LogP contribution in [0.2, 0.25) is 0 Å². The monoisotopic (exact) mass is 202 g/mol. The lowest BCUT2D eigenvalue weighted by Crippen LogP contribution is -1.90. The van der Waals surface area contributed by atoms with Crippen molar-refractivity contribution in [2.45, 2.75) is 6.92 Å². The summed E-state index contributed by atoms with van der Waals surface area (Å²) in [5, 5.41) is 0. The van der Waals surface area contributed by atoms with E-state index >= 15 is 0 Å². The first-order valence-corrected chi connectivity index (χ1v) is 4.65. The van der Waals surface area contributed by atoms with Crippen LogP contribution in [-0.4, -0.2) is 4.98 Å². The molecule has 1 aromatic heterocycles. The van der Waals surface area contributed by atoms with Crippen LogP contribution in [-0.2, 0) is 0 Å². The number of benzene rings is 1. The number of anilines is 1. The third-order valence-corrected chi connectivity index (χ3v) is 2.21. The number of nitrogen functional groups attached to an aromatic ring is 1. The zero-order chi connectivity index (χ0) is 10.8. The molecule has 0 aliphatic rings. The van der Waals surface area contributed by atoms with Gasteiger partial charge in [-0.25, -0.2) is 4.39 Å². The topological polar surface area (TPSA) is 38.9 Å². The van der Waals surface area contributed by atoms with Crippen LogP contribution in [0.1, 0.15) is 5.69 Å². The maximum Gasteiger partial charge on any atom is 0.131 e. The van der Waals surface area contributed by atoms with Gasteiger partial charge >= 0.3 is 0 Å². The highest BCUT2D eigenvalue weighted by atomic mass is 19.1. The summed E-state index contributed by atoms with van der Waals surface area (Å²) in [5.41, 5.74) is 8.29. The maximum atomic E-state index is 13.5. The number of pyridine rings is 1. The van der Waals surface area contributed by atoms with Crippen molar-refractivity contribution in [1.82, 2.24) is 4.98 Å². The predicted molar refractivity (Wildman–Crippen MR) is 58.8 cm³/mol. The molecule has 76 valence electrons. The van der Waals surface area contributed by atoms with Gasteiger partial charge in [-0.3, -0.25) is 4.98 Å². The molecule has 0 radical (unpaired) electrons. The highest BCUT2D eigenvalue weighted by molar-refractivity contribution is 5.67. The Hall–Kier alpha value is -1.90. The van der Waals surface area contributed by atoms with Crippen LogP contribution in [0.4, 0.5) is 10.1 Å². The molecule has 0 aliphatic carbocycles. The first-order valence-electron chi connectivity index (χ1n) is 4.65. The summed E-state index contributed by atoms with van der Waals surface area (Å²) in [6.07, 6.45) is 1.65. The average molecular weight is 202 g/mol. The first-order chi connectivity index (χ1) is 7.16. The van der Waals surface area contributed by atoms with Gasteiger partial charge in [0.15, 0.2) is 0 Å². The molecule has 2 nitrogen and oxygen atoms in total. The highest BCUT2D eigenvalue weighted by Gasteiger charge is 2.05. The molecule has 0 bridgehead atoms. The molecule has 2 N–H and O–H groups in total. The summed E-state index contributed by atoms with van der Waals surface area (Å²) >= 11 is 0.